The number of halogens is 1. The first kappa shape index (κ1) is 15.9. The van der Waals surface area contributed by atoms with Gasteiger partial charge in [-0.3, -0.25) is 4.79 Å². The predicted octanol–water partition coefficient (Wildman–Crippen LogP) is 2.87. The lowest BCUT2D eigenvalue weighted by atomic mass is 10.2. The van der Waals surface area contributed by atoms with Crippen molar-refractivity contribution in [1.29, 1.82) is 0 Å². The van der Waals surface area contributed by atoms with Crippen LogP contribution in [0.5, 0.6) is 0 Å². The summed E-state index contributed by atoms with van der Waals surface area (Å²) in [7, 11) is 0. The number of carbonyl (C=O) groups excluding carboxylic acids is 1. The van der Waals surface area contributed by atoms with Gasteiger partial charge in [-0.2, -0.15) is 0 Å². The van der Waals surface area contributed by atoms with E-state index >= 15 is 0 Å². The standard InChI is InChI=1S/C17H20FN3OS/c1-13-12-23-16(19-13)6-7-17(22)21-10-8-20(9-11-21)15-5-3-2-4-14(15)18/h2-5,12H,6-11H2,1H3. The third-order valence-electron chi connectivity index (χ3n) is 4.04. The molecule has 1 saturated heterocycles. The van der Waals surface area contributed by atoms with Gasteiger partial charge in [-0.15, -0.1) is 11.3 Å². The molecule has 0 bridgehead atoms. The van der Waals surface area contributed by atoms with Crippen LogP contribution in [-0.2, 0) is 11.2 Å². The Labute approximate surface area is 139 Å². The van der Waals surface area contributed by atoms with Gasteiger partial charge in [0.1, 0.15) is 5.82 Å². The number of nitrogens with zero attached hydrogens (tertiary/aromatic N) is 3. The molecule has 1 aromatic carbocycles. The maximum atomic E-state index is 13.8. The van der Waals surface area contributed by atoms with Crippen molar-refractivity contribution in [1.82, 2.24) is 9.88 Å². The fourth-order valence-corrected chi connectivity index (χ4v) is 3.57. The number of anilines is 1. The zero-order valence-electron chi connectivity index (χ0n) is 13.2. The summed E-state index contributed by atoms with van der Waals surface area (Å²) in [6, 6.07) is 6.80. The molecule has 1 amide bonds. The second-order valence-corrected chi connectivity index (χ2v) is 6.64. The second-order valence-electron chi connectivity index (χ2n) is 5.70. The molecule has 1 fully saturated rings. The van der Waals surface area contributed by atoms with Crippen molar-refractivity contribution >= 4 is 22.9 Å². The maximum absolute atomic E-state index is 13.8. The summed E-state index contributed by atoms with van der Waals surface area (Å²) in [5.41, 5.74) is 1.63. The Morgan fingerprint density at radius 1 is 1.26 bits per heavy atom. The molecule has 0 aliphatic carbocycles. The summed E-state index contributed by atoms with van der Waals surface area (Å²) in [5.74, 6) is -0.0440. The first-order valence-corrected chi connectivity index (χ1v) is 8.70. The van der Waals surface area contributed by atoms with E-state index in [-0.39, 0.29) is 11.7 Å². The van der Waals surface area contributed by atoms with Gasteiger partial charge in [0.25, 0.3) is 0 Å². The van der Waals surface area contributed by atoms with Gasteiger partial charge in [-0.05, 0) is 19.1 Å². The Balaban J connectivity index is 1.50. The van der Waals surface area contributed by atoms with Gasteiger partial charge in [0, 0.05) is 50.1 Å². The fraction of sp³-hybridized carbons (Fsp3) is 0.412. The topological polar surface area (TPSA) is 36.4 Å². The summed E-state index contributed by atoms with van der Waals surface area (Å²) in [5, 5.41) is 3.02. The van der Waals surface area contributed by atoms with Crippen LogP contribution < -0.4 is 4.90 Å². The fourth-order valence-electron chi connectivity index (χ4n) is 2.79. The molecule has 6 heteroatoms. The van der Waals surface area contributed by atoms with Crippen LogP contribution in [0.4, 0.5) is 10.1 Å². The molecule has 0 atom stereocenters. The van der Waals surface area contributed by atoms with Gasteiger partial charge in [-0.25, -0.2) is 9.37 Å². The van der Waals surface area contributed by atoms with E-state index in [1.165, 1.54) is 6.07 Å². The Bertz CT molecular complexity index is 680. The molecule has 3 rings (SSSR count). The first-order chi connectivity index (χ1) is 11.1. The number of aryl methyl sites for hydroxylation is 2. The number of piperazine rings is 1. The number of rotatable bonds is 4. The summed E-state index contributed by atoms with van der Waals surface area (Å²) < 4.78 is 13.8. The molecule has 2 heterocycles. The van der Waals surface area contributed by atoms with Crippen LogP contribution in [-0.4, -0.2) is 42.0 Å². The van der Waals surface area contributed by atoms with E-state index in [0.29, 0.717) is 44.7 Å². The van der Waals surface area contributed by atoms with Gasteiger partial charge < -0.3 is 9.80 Å². The molecule has 0 spiro atoms. The summed E-state index contributed by atoms with van der Waals surface area (Å²) >= 11 is 1.61. The van der Waals surface area contributed by atoms with Crippen molar-refractivity contribution in [3.8, 4) is 0 Å². The van der Waals surface area contributed by atoms with Gasteiger partial charge in [0.2, 0.25) is 5.91 Å². The summed E-state index contributed by atoms with van der Waals surface area (Å²) in [6.07, 6.45) is 1.19. The van der Waals surface area contributed by atoms with Crippen LogP contribution in [0.2, 0.25) is 0 Å². The highest BCUT2D eigenvalue weighted by molar-refractivity contribution is 7.09. The monoisotopic (exact) mass is 333 g/mol. The summed E-state index contributed by atoms with van der Waals surface area (Å²) in [6.45, 7) is 4.59. The molecule has 4 nitrogen and oxygen atoms in total. The van der Waals surface area contributed by atoms with Crippen LogP contribution in [0.3, 0.4) is 0 Å². The Kier molecular flexibility index (Phi) is 4.91. The lowest BCUT2D eigenvalue weighted by molar-refractivity contribution is -0.131. The smallest absolute Gasteiger partial charge is 0.223 e. The third kappa shape index (κ3) is 3.88. The number of amides is 1. The van der Waals surface area contributed by atoms with Crippen molar-refractivity contribution in [2.45, 2.75) is 19.8 Å². The molecular weight excluding hydrogens is 313 g/mol. The largest absolute Gasteiger partial charge is 0.366 e. The Hall–Kier alpha value is -1.95. The van der Waals surface area contributed by atoms with E-state index < -0.39 is 0 Å². The van der Waals surface area contributed by atoms with Crippen LogP contribution >= 0.6 is 11.3 Å². The predicted molar refractivity (Wildman–Crippen MR) is 90.4 cm³/mol. The number of hydrogen-bond donors (Lipinski definition) is 0. The molecule has 0 radical (unpaired) electrons. The van der Waals surface area contributed by atoms with Crippen LogP contribution in [0, 0.1) is 12.7 Å². The molecule has 1 aliphatic rings. The minimum Gasteiger partial charge on any atom is -0.366 e. The number of thiazole rings is 1. The van der Waals surface area contributed by atoms with E-state index in [0.717, 1.165) is 10.7 Å². The first-order valence-electron chi connectivity index (χ1n) is 7.82. The molecule has 0 N–H and O–H groups in total. The zero-order valence-corrected chi connectivity index (χ0v) is 14.0. The SMILES string of the molecule is Cc1csc(CCC(=O)N2CCN(c3ccccc3F)CC2)n1. The Morgan fingerprint density at radius 3 is 2.65 bits per heavy atom. The number of carbonyl (C=O) groups is 1. The maximum Gasteiger partial charge on any atom is 0.223 e. The molecule has 0 saturated carbocycles. The van der Waals surface area contributed by atoms with Gasteiger partial charge in [0.15, 0.2) is 0 Å². The highest BCUT2D eigenvalue weighted by Crippen LogP contribution is 2.20. The van der Waals surface area contributed by atoms with Crippen molar-refractivity contribution in [3.63, 3.8) is 0 Å². The van der Waals surface area contributed by atoms with Crippen LogP contribution in [0.25, 0.3) is 0 Å². The van der Waals surface area contributed by atoms with E-state index in [1.807, 2.05) is 28.2 Å². The van der Waals surface area contributed by atoms with E-state index in [2.05, 4.69) is 4.98 Å². The average Bonchev–Trinajstić information content (AvgIpc) is 2.99. The molecule has 1 aliphatic heterocycles. The van der Waals surface area contributed by atoms with Gasteiger partial charge >= 0.3 is 0 Å². The second kappa shape index (κ2) is 7.08. The normalized spacial score (nSPS) is 15.0. The number of aromatic nitrogens is 1. The third-order valence-corrected chi connectivity index (χ3v) is 5.07. The Morgan fingerprint density at radius 2 is 2.00 bits per heavy atom. The van der Waals surface area contributed by atoms with Crippen molar-refractivity contribution < 1.29 is 9.18 Å². The van der Waals surface area contributed by atoms with Gasteiger partial charge in [0.05, 0.1) is 10.7 Å². The van der Waals surface area contributed by atoms with Crippen molar-refractivity contribution in [2.75, 3.05) is 31.1 Å². The zero-order chi connectivity index (χ0) is 16.2. The lowest BCUT2D eigenvalue weighted by Crippen LogP contribution is -2.49. The minimum absolute atomic E-state index is 0.158. The molecule has 2 aromatic rings. The highest BCUT2D eigenvalue weighted by atomic mass is 32.1. The van der Waals surface area contributed by atoms with Crippen LogP contribution in [0.1, 0.15) is 17.1 Å². The molecular formula is C17H20FN3OS. The van der Waals surface area contributed by atoms with Crippen molar-refractivity contribution in [2.24, 2.45) is 0 Å². The molecule has 0 unspecified atom stereocenters. The number of hydrogen-bond acceptors (Lipinski definition) is 4. The lowest BCUT2D eigenvalue weighted by Gasteiger charge is -2.36. The quantitative estimate of drug-likeness (QED) is 0.863. The average molecular weight is 333 g/mol. The van der Waals surface area contributed by atoms with Crippen molar-refractivity contribution in [3.05, 3.63) is 46.2 Å². The number of para-hydroxylation sites is 1. The molecule has 1 aromatic heterocycles. The van der Waals surface area contributed by atoms with E-state index in [9.17, 15) is 9.18 Å². The van der Waals surface area contributed by atoms with E-state index in [1.54, 1.807) is 23.5 Å². The minimum atomic E-state index is -0.202. The highest BCUT2D eigenvalue weighted by Gasteiger charge is 2.22. The number of benzene rings is 1. The van der Waals surface area contributed by atoms with Crippen LogP contribution in [0.15, 0.2) is 29.6 Å². The molecule has 23 heavy (non-hydrogen) atoms. The van der Waals surface area contributed by atoms with Gasteiger partial charge in [-0.1, -0.05) is 12.1 Å². The summed E-state index contributed by atoms with van der Waals surface area (Å²) in [4.78, 5) is 20.6. The molecule has 122 valence electrons. The van der Waals surface area contributed by atoms with E-state index in [4.69, 9.17) is 0 Å².